The van der Waals surface area contributed by atoms with Gasteiger partial charge in [-0.05, 0) is 43.3 Å². The average Bonchev–Trinajstić information content (AvgIpc) is 2.69. The van der Waals surface area contributed by atoms with E-state index in [-0.39, 0.29) is 23.8 Å². The number of esters is 1. The topological polar surface area (TPSA) is 110 Å². The molecule has 8 nitrogen and oxygen atoms in total. The summed E-state index contributed by atoms with van der Waals surface area (Å²) in [7, 11) is -3.42. The minimum atomic E-state index is -3.42. The highest BCUT2D eigenvalue weighted by atomic mass is 32.2. The summed E-state index contributed by atoms with van der Waals surface area (Å²) >= 11 is 1.41. The van der Waals surface area contributed by atoms with E-state index in [0.717, 1.165) is 11.2 Å². The summed E-state index contributed by atoms with van der Waals surface area (Å²) in [5.74, 6) is -1.10. The number of ketones is 1. The first-order valence-electron chi connectivity index (χ1n) is 8.98. The highest BCUT2D eigenvalue weighted by molar-refractivity contribution is 8.00. The van der Waals surface area contributed by atoms with Crippen molar-refractivity contribution in [1.29, 1.82) is 0 Å². The number of benzene rings is 2. The fourth-order valence-corrected chi connectivity index (χ4v) is 4.40. The second-order valence-electron chi connectivity index (χ2n) is 6.68. The maximum atomic E-state index is 12.5. The number of fused-ring (bicyclic) bond motifs is 1. The predicted molar refractivity (Wildman–Crippen MR) is 114 cm³/mol. The Bertz CT molecular complexity index is 1080. The number of nitrogens with one attached hydrogen (secondary N) is 1. The van der Waals surface area contributed by atoms with Crippen molar-refractivity contribution in [2.75, 3.05) is 28.2 Å². The molecule has 0 bridgehead atoms. The number of hydrogen-bond acceptors (Lipinski definition) is 7. The van der Waals surface area contributed by atoms with E-state index in [0.29, 0.717) is 11.4 Å². The molecule has 30 heavy (non-hydrogen) atoms. The third-order valence-corrected chi connectivity index (χ3v) is 5.90. The molecule has 1 unspecified atom stereocenters. The molecule has 1 atom stereocenters. The van der Waals surface area contributed by atoms with Gasteiger partial charge in [-0.25, -0.2) is 8.42 Å². The van der Waals surface area contributed by atoms with Gasteiger partial charge in [0.05, 0.1) is 17.7 Å². The summed E-state index contributed by atoms with van der Waals surface area (Å²) in [4.78, 5) is 39.4. The number of ether oxygens (including phenoxy) is 1. The summed E-state index contributed by atoms with van der Waals surface area (Å²) in [5, 5.41) is 0. The van der Waals surface area contributed by atoms with Crippen LogP contribution in [-0.4, -0.2) is 50.7 Å². The number of Topliss-reactive ketones (excluding diaryl/α,β-unsaturated/α-hetero) is 1. The fourth-order valence-electron chi connectivity index (χ4n) is 2.90. The lowest BCUT2D eigenvalue weighted by molar-refractivity contribution is -0.145. The van der Waals surface area contributed by atoms with Crippen molar-refractivity contribution < 1.29 is 27.5 Å². The highest BCUT2D eigenvalue weighted by Crippen LogP contribution is 2.34. The van der Waals surface area contributed by atoms with Crippen LogP contribution in [0.25, 0.3) is 0 Å². The molecule has 0 aromatic heterocycles. The van der Waals surface area contributed by atoms with Crippen molar-refractivity contribution >= 4 is 50.8 Å². The molecule has 1 aliphatic rings. The second-order valence-corrected chi connectivity index (χ2v) is 9.45. The Balaban J connectivity index is 1.63. The van der Waals surface area contributed by atoms with Gasteiger partial charge in [0.15, 0.2) is 6.10 Å². The molecule has 0 spiro atoms. The Labute approximate surface area is 178 Å². The number of thioether (sulfide) groups is 1. The van der Waals surface area contributed by atoms with Crippen LogP contribution in [0.15, 0.2) is 53.4 Å². The Morgan fingerprint density at radius 2 is 1.83 bits per heavy atom. The van der Waals surface area contributed by atoms with E-state index in [4.69, 9.17) is 4.74 Å². The molecule has 3 rings (SSSR count). The summed E-state index contributed by atoms with van der Waals surface area (Å²) in [5.41, 5.74) is 1.23. The molecule has 158 valence electrons. The molecular formula is C20H20N2O6S2. The minimum Gasteiger partial charge on any atom is -0.453 e. The lowest BCUT2D eigenvalue weighted by Crippen LogP contribution is -2.41. The van der Waals surface area contributed by atoms with Crippen LogP contribution in [0, 0.1) is 0 Å². The fraction of sp³-hybridized carbons (Fsp3) is 0.250. The van der Waals surface area contributed by atoms with E-state index in [1.54, 1.807) is 12.1 Å². The Morgan fingerprint density at radius 3 is 2.50 bits per heavy atom. The normalized spacial score (nSPS) is 14.6. The molecule has 0 saturated heterocycles. The Kier molecular flexibility index (Phi) is 6.47. The third kappa shape index (κ3) is 5.39. The number of carbonyl (C=O) groups excluding carboxylic acids is 3. The smallest absolute Gasteiger partial charge is 0.326 e. The number of amides is 1. The van der Waals surface area contributed by atoms with Gasteiger partial charge in [-0.1, -0.05) is 12.1 Å². The molecule has 1 heterocycles. The van der Waals surface area contributed by atoms with Gasteiger partial charge in [-0.3, -0.25) is 24.0 Å². The van der Waals surface area contributed by atoms with Crippen LogP contribution in [0.4, 0.5) is 11.4 Å². The SMILES string of the molecule is CC(OC(=O)CN1C(=O)CSc2ccccc21)C(=O)c1ccc(NS(C)(=O)=O)cc1. The summed E-state index contributed by atoms with van der Waals surface area (Å²) < 4.78 is 30.0. The standard InChI is InChI=1S/C20H20N2O6S2/c1-13(20(25)14-7-9-15(10-8-14)21-30(2,26)27)28-19(24)11-22-16-5-3-4-6-17(16)29-12-18(22)23/h3-10,13,21H,11-12H2,1-2H3. The van der Waals surface area contributed by atoms with Gasteiger partial charge >= 0.3 is 5.97 Å². The van der Waals surface area contributed by atoms with Crippen LogP contribution < -0.4 is 9.62 Å². The molecule has 0 fully saturated rings. The molecule has 0 aliphatic carbocycles. The zero-order valence-corrected chi connectivity index (χ0v) is 18.0. The van der Waals surface area contributed by atoms with E-state index < -0.39 is 27.9 Å². The monoisotopic (exact) mass is 448 g/mol. The van der Waals surface area contributed by atoms with E-state index in [1.807, 2.05) is 12.1 Å². The highest BCUT2D eigenvalue weighted by Gasteiger charge is 2.28. The zero-order chi connectivity index (χ0) is 21.9. The first-order chi connectivity index (χ1) is 14.1. The van der Waals surface area contributed by atoms with Crippen LogP contribution in [0.1, 0.15) is 17.3 Å². The molecule has 1 amide bonds. The third-order valence-electron chi connectivity index (χ3n) is 4.25. The van der Waals surface area contributed by atoms with Crippen LogP contribution in [0.2, 0.25) is 0 Å². The predicted octanol–water partition coefficient (Wildman–Crippen LogP) is 2.31. The number of anilines is 2. The molecule has 2 aromatic rings. The molecule has 0 saturated carbocycles. The van der Waals surface area contributed by atoms with Gasteiger partial charge < -0.3 is 4.74 Å². The zero-order valence-electron chi connectivity index (χ0n) is 16.3. The van der Waals surface area contributed by atoms with Crippen LogP contribution in [0.3, 0.4) is 0 Å². The molecule has 1 N–H and O–H groups in total. The quantitative estimate of drug-likeness (QED) is 0.511. The Morgan fingerprint density at radius 1 is 1.17 bits per heavy atom. The van der Waals surface area contributed by atoms with Crippen LogP contribution >= 0.6 is 11.8 Å². The van der Waals surface area contributed by atoms with Gasteiger partial charge in [0.2, 0.25) is 21.7 Å². The second kappa shape index (κ2) is 8.88. The Hall–Kier alpha value is -2.85. The number of rotatable bonds is 7. The largest absolute Gasteiger partial charge is 0.453 e. The summed E-state index contributed by atoms with van der Waals surface area (Å²) in [6, 6.07) is 13.1. The number of para-hydroxylation sites is 1. The van der Waals surface area contributed by atoms with Crippen molar-refractivity contribution in [2.24, 2.45) is 0 Å². The maximum absolute atomic E-state index is 12.5. The van der Waals surface area contributed by atoms with Gasteiger partial charge in [-0.2, -0.15) is 0 Å². The number of sulfonamides is 1. The minimum absolute atomic E-state index is 0.205. The molecule has 1 aliphatic heterocycles. The first-order valence-corrected chi connectivity index (χ1v) is 11.9. The van der Waals surface area contributed by atoms with E-state index in [2.05, 4.69) is 4.72 Å². The van der Waals surface area contributed by atoms with Crippen molar-refractivity contribution in [2.45, 2.75) is 17.9 Å². The van der Waals surface area contributed by atoms with Crippen molar-refractivity contribution in [3.63, 3.8) is 0 Å². The van der Waals surface area contributed by atoms with Gasteiger partial charge in [-0.15, -0.1) is 11.8 Å². The summed E-state index contributed by atoms with van der Waals surface area (Å²) in [6.07, 6.45) is -0.0340. The van der Waals surface area contributed by atoms with E-state index in [1.165, 1.54) is 47.9 Å². The van der Waals surface area contributed by atoms with Gasteiger partial charge in [0.25, 0.3) is 0 Å². The first kappa shape index (κ1) is 21.8. The van der Waals surface area contributed by atoms with Crippen molar-refractivity contribution in [1.82, 2.24) is 0 Å². The lowest BCUT2D eigenvalue weighted by Gasteiger charge is -2.28. The molecule has 0 radical (unpaired) electrons. The van der Waals surface area contributed by atoms with Gasteiger partial charge in [0, 0.05) is 16.1 Å². The maximum Gasteiger partial charge on any atom is 0.326 e. The number of carbonyl (C=O) groups is 3. The lowest BCUT2D eigenvalue weighted by atomic mass is 10.1. The number of hydrogen-bond donors (Lipinski definition) is 1. The van der Waals surface area contributed by atoms with Crippen LogP contribution in [-0.2, 0) is 24.3 Å². The van der Waals surface area contributed by atoms with Crippen molar-refractivity contribution in [3.05, 3.63) is 54.1 Å². The van der Waals surface area contributed by atoms with Crippen molar-refractivity contribution in [3.8, 4) is 0 Å². The molecule has 2 aromatic carbocycles. The number of nitrogens with zero attached hydrogens (tertiary/aromatic N) is 1. The van der Waals surface area contributed by atoms with Crippen LogP contribution in [0.5, 0.6) is 0 Å². The average molecular weight is 449 g/mol. The molecule has 10 heteroatoms. The van der Waals surface area contributed by atoms with E-state index in [9.17, 15) is 22.8 Å². The van der Waals surface area contributed by atoms with Gasteiger partial charge in [0.1, 0.15) is 6.54 Å². The summed E-state index contributed by atoms with van der Waals surface area (Å²) in [6.45, 7) is 1.16. The van der Waals surface area contributed by atoms with E-state index >= 15 is 0 Å². The molecular weight excluding hydrogens is 428 g/mol.